The van der Waals surface area contributed by atoms with Gasteiger partial charge in [-0.1, -0.05) is 36.3 Å². The van der Waals surface area contributed by atoms with Crippen molar-refractivity contribution >= 4 is 0 Å². The summed E-state index contributed by atoms with van der Waals surface area (Å²) in [6.07, 6.45) is 5.19. The van der Waals surface area contributed by atoms with E-state index in [-0.39, 0.29) is 0 Å². The van der Waals surface area contributed by atoms with Gasteiger partial charge in [-0.2, -0.15) is 0 Å². The molecule has 1 aromatic carbocycles. The molecule has 0 aliphatic heterocycles. The lowest BCUT2D eigenvalue weighted by molar-refractivity contribution is 0.245. The number of benzene rings is 1. The van der Waals surface area contributed by atoms with Crippen LogP contribution >= 0.6 is 0 Å². The summed E-state index contributed by atoms with van der Waals surface area (Å²) in [6.45, 7) is 4.74. The van der Waals surface area contributed by atoms with Crippen LogP contribution in [0.3, 0.4) is 0 Å². The van der Waals surface area contributed by atoms with Crippen molar-refractivity contribution in [3.8, 4) is 12.3 Å². The summed E-state index contributed by atoms with van der Waals surface area (Å²) in [5.74, 6) is 2.58. The molecular formula is C14H20N2. The molecule has 0 heterocycles. The van der Waals surface area contributed by atoms with Gasteiger partial charge in [0.2, 0.25) is 0 Å². The van der Waals surface area contributed by atoms with E-state index in [0.29, 0.717) is 12.6 Å². The third-order valence-electron chi connectivity index (χ3n) is 2.69. The molecule has 0 bridgehead atoms. The second-order valence-corrected chi connectivity index (χ2v) is 4.08. The predicted molar refractivity (Wildman–Crippen MR) is 69.1 cm³/mol. The van der Waals surface area contributed by atoms with Gasteiger partial charge in [0.25, 0.3) is 0 Å². The van der Waals surface area contributed by atoms with Gasteiger partial charge in [0.15, 0.2) is 0 Å². The Balaban J connectivity index is 2.34. The van der Waals surface area contributed by atoms with Crippen LogP contribution in [-0.4, -0.2) is 31.1 Å². The lowest BCUT2D eigenvalue weighted by atomic mass is 10.2. The second kappa shape index (κ2) is 7.05. The van der Waals surface area contributed by atoms with Crippen molar-refractivity contribution in [1.82, 2.24) is 10.2 Å². The predicted octanol–water partition coefficient (Wildman–Crippen LogP) is 1.73. The Labute approximate surface area is 98.7 Å². The Bertz CT molecular complexity index is 326. The molecule has 1 unspecified atom stereocenters. The minimum Gasteiger partial charge on any atom is -0.305 e. The zero-order valence-corrected chi connectivity index (χ0v) is 10.1. The van der Waals surface area contributed by atoms with Crippen molar-refractivity contribution in [2.24, 2.45) is 0 Å². The molecule has 0 aliphatic rings. The first-order chi connectivity index (χ1) is 7.74. The van der Waals surface area contributed by atoms with Gasteiger partial charge in [-0.25, -0.2) is 0 Å². The fraction of sp³-hybridized carbons (Fsp3) is 0.429. The Hall–Kier alpha value is -1.30. The Morgan fingerprint density at radius 3 is 2.69 bits per heavy atom. The van der Waals surface area contributed by atoms with Crippen molar-refractivity contribution in [3.05, 3.63) is 35.9 Å². The van der Waals surface area contributed by atoms with E-state index in [1.54, 1.807) is 0 Å². The highest BCUT2D eigenvalue weighted by Gasteiger charge is 2.08. The number of hydrogen-bond acceptors (Lipinski definition) is 2. The Morgan fingerprint density at radius 1 is 1.38 bits per heavy atom. The van der Waals surface area contributed by atoms with E-state index in [2.05, 4.69) is 54.4 Å². The SMILES string of the molecule is C#CCNCC(C)N(C)Cc1ccccc1. The van der Waals surface area contributed by atoms with Crippen LogP contribution in [0.5, 0.6) is 0 Å². The average Bonchev–Trinajstić information content (AvgIpc) is 2.30. The average molecular weight is 216 g/mol. The molecular weight excluding hydrogens is 196 g/mol. The van der Waals surface area contributed by atoms with E-state index >= 15 is 0 Å². The number of nitrogens with one attached hydrogen (secondary N) is 1. The zero-order valence-electron chi connectivity index (χ0n) is 10.1. The summed E-state index contributed by atoms with van der Waals surface area (Å²) < 4.78 is 0. The van der Waals surface area contributed by atoms with Crippen molar-refractivity contribution in [3.63, 3.8) is 0 Å². The van der Waals surface area contributed by atoms with Crippen molar-refractivity contribution < 1.29 is 0 Å². The first-order valence-electron chi connectivity index (χ1n) is 5.62. The van der Waals surface area contributed by atoms with E-state index in [1.807, 2.05) is 6.07 Å². The van der Waals surface area contributed by atoms with Crippen LogP contribution in [0.25, 0.3) is 0 Å². The number of terminal acetylenes is 1. The maximum absolute atomic E-state index is 5.19. The van der Waals surface area contributed by atoms with Crippen LogP contribution in [-0.2, 0) is 6.54 Å². The van der Waals surface area contributed by atoms with Gasteiger partial charge in [-0.05, 0) is 19.5 Å². The molecule has 1 rings (SSSR count). The van der Waals surface area contributed by atoms with E-state index in [9.17, 15) is 0 Å². The Kier molecular flexibility index (Phi) is 5.63. The van der Waals surface area contributed by atoms with Crippen LogP contribution in [0.15, 0.2) is 30.3 Å². The van der Waals surface area contributed by atoms with Gasteiger partial charge < -0.3 is 5.32 Å². The first kappa shape index (κ1) is 12.8. The molecule has 86 valence electrons. The summed E-state index contributed by atoms with van der Waals surface area (Å²) in [5, 5.41) is 3.22. The molecule has 0 aromatic heterocycles. The molecule has 16 heavy (non-hydrogen) atoms. The molecule has 0 saturated heterocycles. The van der Waals surface area contributed by atoms with Gasteiger partial charge in [-0.15, -0.1) is 6.42 Å². The highest BCUT2D eigenvalue weighted by Crippen LogP contribution is 2.05. The minimum atomic E-state index is 0.480. The molecule has 2 heteroatoms. The molecule has 2 nitrogen and oxygen atoms in total. The van der Waals surface area contributed by atoms with Gasteiger partial charge in [0.1, 0.15) is 0 Å². The highest BCUT2D eigenvalue weighted by molar-refractivity contribution is 5.14. The van der Waals surface area contributed by atoms with E-state index < -0.39 is 0 Å². The molecule has 0 saturated carbocycles. The van der Waals surface area contributed by atoms with Crippen LogP contribution < -0.4 is 5.32 Å². The smallest absolute Gasteiger partial charge is 0.0574 e. The zero-order chi connectivity index (χ0) is 11.8. The highest BCUT2D eigenvalue weighted by atomic mass is 15.1. The topological polar surface area (TPSA) is 15.3 Å². The van der Waals surface area contributed by atoms with Gasteiger partial charge in [0, 0.05) is 19.1 Å². The summed E-state index contributed by atoms with van der Waals surface area (Å²) in [7, 11) is 2.13. The van der Waals surface area contributed by atoms with Crippen LogP contribution in [0.2, 0.25) is 0 Å². The number of hydrogen-bond donors (Lipinski definition) is 1. The van der Waals surface area contributed by atoms with Gasteiger partial charge >= 0.3 is 0 Å². The third kappa shape index (κ3) is 4.48. The molecule has 0 fully saturated rings. The maximum atomic E-state index is 5.19. The number of rotatable bonds is 6. The summed E-state index contributed by atoms with van der Waals surface area (Å²) in [6, 6.07) is 11.0. The van der Waals surface area contributed by atoms with E-state index in [1.165, 1.54) is 5.56 Å². The fourth-order valence-corrected chi connectivity index (χ4v) is 1.54. The number of nitrogens with zero attached hydrogens (tertiary/aromatic N) is 1. The Morgan fingerprint density at radius 2 is 2.06 bits per heavy atom. The van der Waals surface area contributed by atoms with Crippen LogP contribution in [0, 0.1) is 12.3 Å². The molecule has 0 aliphatic carbocycles. The molecule has 1 N–H and O–H groups in total. The second-order valence-electron chi connectivity index (χ2n) is 4.08. The monoisotopic (exact) mass is 216 g/mol. The lowest BCUT2D eigenvalue weighted by Crippen LogP contribution is -2.37. The number of likely N-dealkylation sites (N-methyl/N-ethyl adjacent to an activating group) is 1. The molecule has 0 spiro atoms. The van der Waals surface area contributed by atoms with Crippen LogP contribution in [0.4, 0.5) is 0 Å². The standard InChI is InChI=1S/C14H20N2/c1-4-10-15-11-13(2)16(3)12-14-8-6-5-7-9-14/h1,5-9,13,15H,10-12H2,2-3H3. The maximum Gasteiger partial charge on any atom is 0.0574 e. The first-order valence-corrected chi connectivity index (χ1v) is 5.62. The normalized spacial score (nSPS) is 12.4. The quantitative estimate of drug-likeness (QED) is 0.575. The summed E-state index contributed by atoms with van der Waals surface area (Å²) in [4.78, 5) is 2.32. The molecule has 1 aromatic rings. The third-order valence-corrected chi connectivity index (χ3v) is 2.69. The van der Waals surface area contributed by atoms with Crippen molar-refractivity contribution in [2.75, 3.05) is 20.1 Å². The summed E-state index contributed by atoms with van der Waals surface area (Å²) in [5.41, 5.74) is 1.34. The lowest BCUT2D eigenvalue weighted by Gasteiger charge is -2.24. The van der Waals surface area contributed by atoms with Crippen molar-refractivity contribution in [2.45, 2.75) is 19.5 Å². The van der Waals surface area contributed by atoms with E-state index in [0.717, 1.165) is 13.1 Å². The minimum absolute atomic E-state index is 0.480. The molecule has 1 atom stereocenters. The molecule has 0 radical (unpaired) electrons. The summed E-state index contributed by atoms with van der Waals surface area (Å²) >= 11 is 0. The molecule has 0 amide bonds. The van der Waals surface area contributed by atoms with Gasteiger partial charge in [0.05, 0.1) is 6.54 Å². The van der Waals surface area contributed by atoms with Gasteiger partial charge in [-0.3, -0.25) is 4.90 Å². The van der Waals surface area contributed by atoms with E-state index in [4.69, 9.17) is 6.42 Å². The van der Waals surface area contributed by atoms with Crippen molar-refractivity contribution in [1.29, 1.82) is 0 Å². The van der Waals surface area contributed by atoms with Crippen LogP contribution in [0.1, 0.15) is 12.5 Å². The largest absolute Gasteiger partial charge is 0.305 e. The fourth-order valence-electron chi connectivity index (χ4n) is 1.54.